The summed E-state index contributed by atoms with van der Waals surface area (Å²) in [5, 5.41) is 11.8. The van der Waals surface area contributed by atoms with Crippen molar-refractivity contribution >= 4 is 28.3 Å². The quantitative estimate of drug-likeness (QED) is 0.443. The van der Waals surface area contributed by atoms with E-state index < -0.39 is 6.04 Å². The maximum absolute atomic E-state index is 13.4. The molecule has 1 unspecified atom stereocenters. The first-order valence-corrected chi connectivity index (χ1v) is 9.47. The fourth-order valence-corrected chi connectivity index (χ4v) is 3.41. The Kier molecular flexibility index (Phi) is 4.97. The Hall–Kier alpha value is -4.07. The number of para-hydroxylation sites is 2. The minimum absolute atomic E-state index is 0.152. The number of hydrogen-bond acceptors (Lipinski definition) is 7. The van der Waals surface area contributed by atoms with Gasteiger partial charge < -0.3 is 16.5 Å². The van der Waals surface area contributed by atoms with Crippen LogP contribution in [0.25, 0.3) is 16.6 Å². The predicted octanol–water partition coefficient (Wildman–Crippen LogP) is 3.32. The summed E-state index contributed by atoms with van der Waals surface area (Å²) >= 11 is 0. The Morgan fingerprint density at radius 1 is 1.10 bits per heavy atom. The van der Waals surface area contributed by atoms with Crippen molar-refractivity contribution in [1.82, 2.24) is 19.5 Å². The molecule has 0 aliphatic heterocycles. The van der Waals surface area contributed by atoms with Crippen molar-refractivity contribution in [3.63, 3.8) is 0 Å². The standard InChI is InChI=1S/C22H21N7O/c1-13(23)18-19(24)25-12-26-20(18)27-14(2)21-28-17-11-7-6-10-16(17)22(30)29(21)15-8-4-3-5-9-15/h3-12,14,23H,1-2H3,(H3,24,25,26,27). The van der Waals surface area contributed by atoms with Crippen LogP contribution in [0.2, 0.25) is 0 Å². The second-order valence-corrected chi connectivity index (χ2v) is 6.94. The molecule has 0 aliphatic carbocycles. The summed E-state index contributed by atoms with van der Waals surface area (Å²) in [6.45, 7) is 3.51. The molecule has 8 heteroatoms. The Labute approximate surface area is 173 Å². The zero-order chi connectivity index (χ0) is 21.3. The van der Waals surface area contributed by atoms with Gasteiger partial charge in [0, 0.05) is 5.71 Å². The largest absolute Gasteiger partial charge is 0.383 e. The molecule has 0 spiro atoms. The van der Waals surface area contributed by atoms with Crippen LogP contribution in [0.5, 0.6) is 0 Å². The zero-order valence-corrected chi connectivity index (χ0v) is 16.6. The van der Waals surface area contributed by atoms with E-state index in [4.69, 9.17) is 16.1 Å². The van der Waals surface area contributed by atoms with Crippen LogP contribution in [0.15, 0.2) is 65.7 Å². The summed E-state index contributed by atoms with van der Waals surface area (Å²) in [5.74, 6) is 1.17. The molecule has 8 nitrogen and oxygen atoms in total. The van der Waals surface area contributed by atoms with Gasteiger partial charge in [0.15, 0.2) is 0 Å². The van der Waals surface area contributed by atoms with Crippen LogP contribution in [0.3, 0.4) is 0 Å². The fourth-order valence-electron chi connectivity index (χ4n) is 3.41. The smallest absolute Gasteiger partial charge is 0.266 e. The normalized spacial score (nSPS) is 11.9. The molecule has 2 aromatic heterocycles. The maximum atomic E-state index is 13.4. The van der Waals surface area contributed by atoms with E-state index in [9.17, 15) is 4.79 Å². The Balaban J connectivity index is 1.90. The van der Waals surface area contributed by atoms with Crippen molar-refractivity contribution in [2.24, 2.45) is 0 Å². The molecule has 4 N–H and O–H groups in total. The second-order valence-electron chi connectivity index (χ2n) is 6.94. The zero-order valence-electron chi connectivity index (χ0n) is 16.6. The van der Waals surface area contributed by atoms with Crippen LogP contribution in [-0.2, 0) is 0 Å². The highest BCUT2D eigenvalue weighted by Gasteiger charge is 2.20. The van der Waals surface area contributed by atoms with Gasteiger partial charge >= 0.3 is 0 Å². The summed E-state index contributed by atoms with van der Waals surface area (Å²) in [5.41, 5.74) is 7.81. The van der Waals surface area contributed by atoms with Crippen LogP contribution in [0.4, 0.5) is 11.6 Å². The third-order valence-corrected chi connectivity index (χ3v) is 4.81. The number of aromatic nitrogens is 4. The Bertz CT molecular complexity index is 1300. The lowest BCUT2D eigenvalue weighted by atomic mass is 10.1. The Morgan fingerprint density at radius 2 is 1.80 bits per heavy atom. The fraction of sp³-hybridized carbons (Fsp3) is 0.136. The second kappa shape index (κ2) is 7.75. The van der Waals surface area contributed by atoms with Gasteiger partial charge in [0.05, 0.1) is 28.2 Å². The van der Waals surface area contributed by atoms with E-state index in [2.05, 4.69) is 15.3 Å². The van der Waals surface area contributed by atoms with E-state index in [0.29, 0.717) is 28.1 Å². The average molecular weight is 399 g/mol. The number of nitrogens with two attached hydrogens (primary N) is 1. The van der Waals surface area contributed by atoms with Gasteiger partial charge in [-0.3, -0.25) is 9.36 Å². The number of benzene rings is 2. The van der Waals surface area contributed by atoms with E-state index >= 15 is 0 Å². The molecule has 2 heterocycles. The van der Waals surface area contributed by atoms with Gasteiger partial charge in [-0.05, 0) is 38.1 Å². The number of nitrogens with one attached hydrogen (secondary N) is 2. The summed E-state index contributed by atoms with van der Waals surface area (Å²) in [6, 6.07) is 16.2. The highest BCUT2D eigenvalue weighted by molar-refractivity contribution is 6.04. The third-order valence-electron chi connectivity index (χ3n) is 4.81. The van der Waals surface area contributed by atoms with Crippen LogP contribution < -0.4 is 16.6 Å². The molecular formula is C22H21N7O. The molecule has 0 amide bonds. The number of anilines is 2. The van der Waals surface area contributed by atoms with Gasteiger partial charge in [-0.2, -0.15) is 0 Å². The maximum Gasteiger partial charge on any atom is 0.266 e. The van der Waals surface area contributed by atoms with Gasteiger partial charge in [0.1, 0.15) is 23.8 Å². The van der Waals surface area contributed by atoms with Crippen molar-refractivity contribution in [3.8, 4) is 5.69 Å². The molecule has 4 rings (SSSR count). The molecular weight excluding hydrogens is 378 g/mol. The van der Waals surface area contributed by atoms with E-state index in [1.165, 1.54) is 6.33 Å². The molecule has 0 fully saturated rings. The predicted molar refractivity (Wildman–Crippen MR) is 118 cm³/mol. The van der Waals surface area contributed by atoms with Crippen molar-refractivity contribution in [2.75, 3.05) is 11.1 Å². The van der Waals surface area contributed by atoms with Gasteiger partial charge in [0.25, 0.3) is 5.56 Å². The minimum atomic E-state index is -0.407. The number of hydrogen-bond donors (Lipinski definition) is 3. The van der Waals surface area contributed by atoms with E-state index in [0.717, 1.165) is 5.69 Å². The summed E-state index contributed by atoms with van der Waals surface area (Å²) in [7, 11) is 0. The lowest BCUT2D eigenvalue weighted by Crippen LogP contribution is -2.27. The highest BCUT2D eigenvalue weighted by atomic mass is 16.1. The Morgan fingerprint density at radius 3 is 2.53 bits per heavy atom. The minimum Gasteiger partial charge on any atom is -0.383 e. The van der Waals surface area contributed by atoms with Crippen molar-refractivity contribution < 1.29 is 0 Å². The molecule has 0 bridgehead atoms. The van der Waals surface area contributed by atoms with Crippen LogP contribution in [0.1, 0.15) is 31.3 Å². The van der Waals surface area contributed by atoms with Gasteiger partial charge in [-0.15, -0.1) is 0 Å². The molecule has 0 aliphatic rings. The highest BCUT2D eigenvalue weighted by Crippen LogP contribution is 2.24. The SMILES string of the molecule is CC(=N)c1c(N)ncnc1NC(C)c1nc2ccccc2c(=O)n1-c1ccccc1. The lowest BCUT2D eigenvalue weighted by Gasteiger charge is -2.21. The number of nitrogen functional groups attached to an aromatic ring is 1. The van der Waals surface area contributed by atoms with E-state index in [-0.39, 0.29) is 17.1 Å². The molecule has 0 saturated heterocycles. The molecule has 4 aromatic rings. The van der Waals surface area contributed by atoms with Gasteiger partial charge in [-0.1, -0.05) is 30.3 Å². The number of nitrogens with zero attached hydrogens (tertiary/aromatic N) is 4. The first kappa shape index (κ1) is 19.3. The molecule has 2 aromatic carbocycles. The molecule has 30 heavy (non-hydrogen) atoms. The van der Waals surface area contributed by atoms with Crippen LogP contribution in [-0.4, -0.2) is 25.2 Å². The van der Waals surface area contributed by atoms with Gasteiger partial charge in [-0.25, -0.2) is 15.0 Å². The van der Waals surface area contributed by atoms with Crippen molar-refractivity contribution in [3.05, 3.63) is 82.7 Å². The summed E-state index contributed by atoms with van der Waals surface area (Å²) in [6.07, 6.45) is 1.34. The van der Waals surface area contributed by atoms with Gasteiger partial charge in [0.2, 0.25) is 0 Å². The van der Waals surface area contributed by atoms with Crippen molar-refractivity contribution in [1.29, 1.82) is 5.41 Å². The molecule has 0 saturated carbocycles. The number of rotatable bonds is 5. The average Bonchev–Trinajstić information content (AvgIpc) is 2.74. The summed E-state index contributed by atoms with van der Waals surface area (Å²) < 4.78 is 1.60. The molecule has 1 atom stereocenters. The van der Waals surface area contributed by atoms with E-state index in [1.807, 2.05) is 55.5 Å². The first-order valence-electron chi connectivity index (χ1n) is 9.47. The summed E-state index contributed by atoms with van der Waals surface area (Å²) in [4.78, 5) is 26.4. The topological polar surface area (TPSA) is 123 Å². The lowest BCUT2D eigenvalue weighted by molar-refractivity contribution is 0.730. The molecule has 150 valence electrons. The van der Waals surface area contributed by atoms with Crippen LogP contribution >= 0.6 is 0 Å². The third kappa shape index (κ3) is 3.39. The monoisotopic (exact) mass is 399 g/mol. The van der Waals surface area contributed by atoms with Crippen LogP contribution in [0, 0.1) is 5.41 Å². The van der Waals surface area contributed by atoms with E-state index in [1.54, 1.807) is 17.6 Å². The number of fused-ring (bicyclic) bond motifs is 1. The first-order chi connectivity index (χ1) is 14.5. The van der Waals surface area contributed by atoms with Crippen molar-refractivity contribution in [2.45, 2.75) is 19.9 Å². The molecule has 0 radical (unpaired) electrons.